The first-order valence-electron chi connectivity index (χ1n) is 5.67. The smallest absolute Gasteiger partial charge is 0.124 e. The molecule has 1 aliphatic rings. The van der Waals surface area contributed by atoms with Gasteiger partial charge in [-0.1, -0.05) is 5.16 Å². The molecule has 1 unspecified atom stereocenters. The van der Waals surface area contributed by atoms with Crippen LogP contribution in [0.3, 0.4) is 0 Å². The molecular formula is C11H18N2O2. The number of nitrogens with one attached hydrogen (secondary N) is 1. The van der Waals surface area contributed by atoms with Gasteiger partial charge >= 0.3 is 0 Å². The van der Waals surface area contributed by atoms with E-state index >= 15 is 0 Å². The molecule has 1 atom stereocenters. The summed E-state index contributed by atoms with van der Waals surface area (Å²) in [5.41, 5.74) is 0.965. The SMILES string of the molecule is c1cc(CNCCCC2CCCO2)no1. The second-order valence-corrected chi connectivity index (χ2v) is 3.94. The van der Waals surface area contributed by atoms with Crippen molar-refractivity contribution in [2.45, 2.75) is 38.3 Å². The Balaban J connectivity index is 1.48. The molecule has 1 aliphatic heterocycles. The molecule has 15 heavy (non-hydrogen) atoms. The van der Waals surface area contributed by atoms with Gasteiger partial charge in [0.05, 0.1) is 11.8 Å². The molecule has 4 nitrogen and oxygen atoms in total. The maximum atomic E-state index is 5.55. The minimum atomic E-state index is 0.513. The fourth-order valence-corrected chi connectivity index (χ4v) is 1.87. The Morgan fingerprint density at radius 1 is 1.53 bits per heavy atom. The van der Waals surface area contributed by atoms with E-state index in [1.54, 1.807) is 6.26 Å². The number of nitrogens with zero attached hydrogens (tertiary/aromatic N) is 1. The fraction of sp³-hybridized carbons (Fsp3) is 0.727. The molecule has 1 N–H and O–H groups in total. The van der Waals surface area contributed by atoms with Crippen molar-refractivity contribution in [1.29, 1.82) is 0 Å². The standard InChI is InChI=1S/C11H18N2O2/c1(3-11-4-2-7-14-11)6-12-9-10-5-8-15-13-10/h5,8,11-12H,1-4,6-7,9H2. The first-order chi connectivity index (χ1) is 7.45. The largest absolute Gasteiger partial charge is 0.378 e. The van der Waals surface area contributed by atoms with Crippen molar-refractivity contribution >= 4 is 0 Å². The summed E-state index contributed by atoms with van der Waals surface area (Å²) in [6.45, 7) is 2.77. The van der Waals surface area contributed by atoms with Crippen LogP contribution in [0.5, 0.6) is 0 Å². The Bertz CT molecular complexity index is 256. The predicted octanol–water partition coefficient (Wildman–Crippen LogP) is 1.72. The highest BCUT2D eigenvalue weighted by Gasteiger charge is 2.14. The highest BCUT2D eigenvalue weighted by atomic mass is 16.5. The van der Waals surface area contributed by atoms with Crippen LogP contribution in [0.2, 0.25) is 0 Å². The third kappa shape index (κ3) is 3.64. The van der Waals surface area contributed by atoms with Gasteiger partial charge in [0.1, 0.15) is 6.26 Å². The zero-order chi connectivity index (χ0) is 10.3. The van der Waals surface area contributed by atoms with E-state index in [-0.39, 0.29) is 0 Å². The Hall–Kier alpha value is -0.870. The molecule has 0 radical (unpaired) electrons. The lowest BCUT2D eigenvalue weighted by molar-refractivity contribution is 0.102. The van der Waals surface area contributed by atoms with Crippen LogP contribution >= 0.6 is 0 Å². The molecule has 0 aromatic carbocycles. The average molecular weight is 210 g/mol. The molecule has 0 aliphatic carbocycles. The first kappa shape index (κ1) is 10.6. The Morgan fingerprint density at radius 3 is 3.27 bits per heavy atom. The summed E-state index contributed by atoms with van der Waals surface area (Å²) in [4.78, 5) is 0. The zero-order valence-corrected chi connectivity index (χ0v) is 8.95. The average Bonchev–Trinajstić information content (AvgIpc) is 2.88. The second kappa shape index (κ2) is 5.88. The monoisotopic (exact) mass is 210 g/mol. The Morgan fingerprint density at radius 2 is 2.53 bits per heavy atom. The van der Waals surface area contributed by atoms with Crippen LogP contribution in [0.15, 0.2) is 16.9 Å². The van der Waals surface area contributed by atoms with E-state index in [0.29, 0.717) is 6.10 Å². The normalized spacial score (nSPS) is 20.9. The van der Waals surface area contributed by atoms with Crippen molar-refractivity contribution < 1.29 is 9.26 Å². The predicted molar refractivity (Wildman–Crippen MR) is 56.4 cm³/mol. The molecule has 1 fully saturated rings. The van der Waals surface area contributed by atoms with Crippen molar-refractivity contribution in [3.8, 4) is 0 Å². The van der Waals surface area contributed by atoms with Crippen LogP contribution in [0.4, 0.5) is 0 Å². The molecule has 1 aromatic rings. The fourth-order valence-electron chi connectivity index (χ4n) is 1.87. The summed E-state index contributed by atoms with van der Waals surface area (Å²) in [6, 6.07) is 1.88. The molecule has 0 saturated carbocycles. The van der Waals surface area contributed by atoms with Gasteiger partial charge in [-0.15, -0.1) is 0 Å². The number of hydrogen-bond acceptors (Lipinski definition) is 4. The van der Waals surface area contributed by atoms with Gasteiger partial charge in [-0.3, -0.25) is 0 Å². The lowest BCUT2D eigenvalue weighted by atomic mass is 10.1. The van der Waals surface area contributed by atoms with Crippen LogP contribution in [-0.2, 0) is 11.3 Å². The van der Waals surface area contributed by atoms with E-state index in [1.165, 1.54) is 25.7 Å². The lowest BCUT2D eigenvalue weighted by Gasteiger charge is -2.08. The van der Waals surface area contributed by atoms with Crippen LogP contribution in [-0.4, -0.2) is 24.4 Å². The molecule has 4 heteroatoms. The van der Waals surface area contributed by atoms with E-state index in [9.17, 15) is 0 Å². The van der Waals surface area contributed by atoms with Gasteiger partial charge in [-0.25, -0.2) is 0 Å². The molecule has 0 amide bonds. The number of hydrogen-bond donors (Lipinski definition) is 1. The van der Waals surface area contributed by atoms with Crippen LogP contribution < -0.4 is 5.32 Å². The van der Waals surface area contributed by atoms with Gasteiger partial charge in [-0.05, 0) is 32.2 Å². The summed E-state index contributed by atoms with van der Waals surface area (Å²) in [5, 5.41) is 7.16. The summed E-state index contributed by atoms with van der Waals surface area (Å²) in [6.07, 6.45) is 6.93. The minimum absolute atomic E-state index is 0.513. The van der Waals surface area contributed by atoms with E-state index < -0.39 is 0 Å². The van der Waals surface area contributed by atoms with Gasteiger partial charge in [0.15, 0.2) is 0 Å². The number of rotatable bonds is 6. The van der Waals surface area contributed by atoms with E-state index in [0.717, 1.165) is 25.4 Å². The van der Waals surface area contributed by atoms with E-state index in [1.807, 2.05) is 6.07 Å². The minimum Gasteiger partial charge on any atom is -0.378 e. The van der Waals surface area contributed by atoms with Crippen LogP contribution in [0.1, 0.15) is 31.4 Å². The van der Waals surface area contributed by atoms with Gasteiger partial charge in [0, 0.05) is 19.2 Å². The zero-order valence-electron chi connectivity index (χ0n) is 8.95. The van der Waals surface area contributed by atoms with Gasteiger partial charge < -0.3 is 14.6 Å². The highest BCUT2D eigenvalue weighted by molar-refractivity contribution is 4.93. The third-order valence-electron chi connectivity index (χ3n) is 2.70. The van der Waals surface area contributed by atoms with Gasteiger partial charge in [0.2, 0.25) is 0 Å². The quantitative estimate of drug-likeness (QED) is 0.726. The number of ether oxygens (including phenoxy) is 1. The van der Waals surface area contributed by atoms with Crippen molar-refractivity contribution in [2.24, 2.45) is 0 Å². The third-order valence-corrected chi connectivity index (χ3v) is 2.70. The topological polar surface area (TPSA) is 47.3 Å². The van der Waals surface area contributed by atoms with E-state index in [4.69, 9.17) is 9.26 Å². The Labute approximate surface area is 90.0 Å². The molecule has 2 rings (SSSR count). The van der Waals surface area contributed by atoms with Crippen LogP contribution in [0, 0.1) is 0 Å². The maximum absolute atomic E-state index is 5.55. The van der Waals surface area contributed by atoms with E-state index in [2.05, 4.69) is 10.5 Å². The van der Waals surface area contributed by atoms with Crippen molar-refractivity contribution in [3.05, 3.63) is 18.0 Å². The molecule has 0 spiro atoms. The van der Waals surface area contributed by atoms with Crippen LogP contribution in [0.25, 0.3) is 0 Å². The highest BCUT2D eigenvalue weighted by Crippen LogP contribution is 2.16. The molecule has 2 heterocycles. The molecule has 84 valence electrons. The first-order valence-corrected chi connectivity index (χ1v) is 5.67. The molecule has 0 bridgehead atoms. The molecule has 1 saturated heterocycles. The number of aromatic nitrogens is 1. The molecular weight excluding hydrogens is 192 g/mol. The van der Waals surface area contributed by atoms with Crippen molar-refractivity contribution in [2.75, 3.05) is 13.2 Å². The lowest BCUT2D eigenvalue weighted by Crippen LogP contribution is -2.17. The van der Waals surface area contributed by atoms with Crippen molar-refractivity contribution in [1.82, 2.24) is 10.5 Å². The summed E-state index contributed by atoms with van der Waals surface area (Å²) < 4.78 is 10.3. The maximum Gasteiger partial charge on any atom is 0.124 e. The van der Waals surface area contributed by atoms with Gasteiger partial charge in [-0.2, -0.15) is 0 Å². The van der Waals surface area contributed by atoms with Gasteiger partial charge in [0.25, 0.3) is 0 Å². The molecule has 1 aromatic heterocycles. The summed E-state index contributed by atoms with van der Waals surface area (Å²) >= 11 is 0. The summed E-state index contributed by atoms with van der Waals surface area (Å²) in [7, 11) is 0. The Kier molecular flexibility index (Phi) is 4.17. The summed E-state index contributed by atoms with van der Waals surface area (Å²) in [5.74, 6) is 0. The van der Waals surface area contributed by atoms with Crippen molar-refractivity contribution in [3.63, 3.8) is 0 Å². The second-order valence-electron chi connectivity index (χ2n) is 3.94.